The molecule has 6 heteroatoms. The summed E-state index contributed by atoms with van der Waals surface area (Å²) in [5.41, 5.74) is -0.412. The molecule has 1 spiro atoms. The lowest BCUT2D eigenvalue weighted by Crippen LogP contribution is -2.45. The Labute approximate surface area is 81.9 Å². The second kappa shape index (κ2) is 3.38. The van der Waals surface area contributed by atoms with E-state index in [0.29, 0.717) is 11.8 Å². The van der Waals surface area contributed by atoms with Gasteiger partial charge in [0.15, 0.2) is 0 Å². The van der Waals surface area contributed by atoms with Crippen LogP contribution in [0.5, 0.6) is 0 Å². The molecule has 0 aromatic rings. The molecule has 0 aromatic heterocycles. The van der Waals surface area contributed by atoms with Gasteiger partial charge in [-0.3, -0.25) is 0 Å². The maximum Gasteiger partial charge on any atom is 0.457 e. The van der Waals surface area contributed by atoms with Crippen molar-refractivity contribution in [2.45, 2.75) is 18.4 Å². The topological polar surface area (TPSA) is 62.2 Å². The molecule has 0 aliphatic carbocycles. The fourth-order valence-corrected chi connectivity index (χ4v) is 1.76. The minimum atomic E-state index is -1.19. The number of nitrogens with zero attached hydrogens (tertiary/aromatic N) is 2. The zero-order valence-corrected chi connectivity index (χ0v) is 8.10. The van der Waals surface area contributed by atoms with E-state index in [1.54, 1.807) is 0 Å². The van der Waals surface area contributed by atoms with Crippen LogP contribution in [-0.2, 0) is 9.68 Å². The highest BCUT2D eigenvalue weighted by Gasteiger charge is 2.45. The highest BCUT2D eigenvalue weighted by molar-refractivity contribution is 5.62. The third-order valence-corrected chi connectivity index (χ3v) is 2.78. The van der Waals surface area contributed by atoms with Gasteiger partial charge in [0, 0.05) is 13.1 Å². The van der Waals surface area contributed by atoms with Gasteiger partial charge in [-0.15, -0.1) is 0 Å². The molecule has 80 valence electrons. The normalized spacial score (nSPS) is 27.1. The largest absolute Gasteiger partial charge is 0.462 e. The van der Waals surface area contributed by atoms with E-state index in [4.69, 9.17) is 14.8 Å². The lowest BCUT2D eigenvalue weighted by Gasteiger charge is -2.34. The van der Waals surface area contributed by atoms with Crippen LogP contribution in [-0.4, -0.2) is 53.7 Å². The summed E-state index contributed by atoms with van der Waals surface area (Å²) >= 11 is 0. The van der Waals surface area contributed by atoms with Crippen LogP contribution in [0.3, 0.4) is 0 Å². The van der Waals surface area contributed by atoms with Crippen molar-refractivity contribution in [3.63, 3.8) is 0 Å². The molecule has 2 saturated heterocycles. The van der Waals surface area contributed by atoms with Crippen molar-refractivity contribution in [2.75, 3.05) is 26.7 Å². The Morgan fingerprint density at radius 3 is 2.57 bits per heavy atom. The van der Waals surface area contributed by atoms with Crippen molar-refractivity contribution in [3.05, 3.63) is 0 Å². The lowest BCUT2D eigenvalue weighted by molar-refractivity contribution is -0.289. The Kier molecular flexibility index (Phi) is 2.34. The zero-order chi connectivity index (χ0) is 10.2. The van der Waals surface area contributed by atoms with Crippen molar-refractivity contribution in [2.24, 2.45) is 0 Å². The SMILES string of the molecule is CN1CCC2(CC1)CON(C(=O)O)O2. The van der Waals surface area contributed by atoms with Crippen LogP contribution in [0.4, 0.5) is 4.79 Å². The van der Waals surface area contributed by atoms with Crippen LogP contribution in [0.2, 0.25) is 0 Å². The average molecular weight is 202 g/mol. The summed E-state index contributed by atoms with van der Waals surface area (Å²) in [5, 5.41) is 9.22. The number of rotatable bonds is 0. The molecule has 14 heavy (non-hydrogen) atoms. The second-order valence-electron chi connectivity index (χ2n) is 3.89. The average Bonchev–Trinajstić information content (AvgIpc) is 2.56. The highest BCUT2D eigenvalue weighted by Crippen LogP contribution is 2.32. The Bertz CT molecular complexity index is 237. The van der Waals surface area contributed by atoms with Crippen LogP contribution >= 0.6 is 0 Å². The van der Waals surface area contributed by atoms with Crippen molar-refractivity contribution < 1.29 is 19.6 Å². The summed E-state index contributed by atoms with van der Waals surface area (Å²) in [6.45, 7) is 2.17. The number of hydrogen-bond donors (Lipinski definition) is 1. The Morgan fingerprint density at radius 1 is 1.43 bits per heavy atom. The molecule has 0 saturated carbocycles. The molecule has 0 bridgehead atoms. The van der Waals surface area contributed by atoms with Gasteiger partial charge in [-0.05, 0) is 25.1 Å². The van der Waals surface area contributed by atoms with Gasteiger partial charge in [0.1, 0.15) is 12.2 Å². The van der Waals surface area contributed by atoms with Crippen LogP contribution < -0.4 is 0 Å². The molecule has 0 unspecified atom stereocenters. The summed E-state index contributed by atoms with van der Waals surface area (Å²) in [6.07, 6.45) is 0.432. The third-order valence-electron chi connectivity index (χ3n) is 2.78. The summed E-state index contributed by atoms with van der Waals surface area (Å²) < 4.78 is 0. The monoisotopic (exact) mass is 202 g/mol. The lowest BCUT2D eigenvalue weighted by atomic mass is 9.93. The van der Waals surface area contributed by atoms with E-state index in [1.165, 1.54) is 0 Å². The summed E-state index contributed by atoms with van der Waals surface area (Å²) in [6, 6.07) is 0. The van der Waals surface area contributed by atoms with Crippen LogP contribution in [0.1, 0.15) is 12.8 Å². The van der Waals surface area contributed by atoms with Crippen molar-refractivity contribution >= 4 is 6.09 Å². The van der Waals surface area contributed by atoms with Crippen molar-refractivity contribution in [1.29, 1.82) is 0 Å². The van der Waals surface area contributed by atoms with Crippen molar-refractivity contribution in [1.82, 2.24) is 10.1 Å². The first-order chi connectivity index (χ1) is 6.61. The molecule has 0 atom stereocenters. The fourth-order valence-electron chi connectivity index (χ4n) is 1.76. The zero-order valence-electron chi connectivity index (χ0n) is 8.10. The molecule has 6 nitrogen and oxygen atoms in total. The summed E-state index contributed by atoms with van der Waals surface area (Å²) in [7, 11) is 2.04. The number of hydrogen-bond acceptors (Lipinski definition) is 4. The maximum absolute atomic E-state index is 10.6. The molecule has 2 aliphatic heterocycles. The van der Waals surface area contributed by atoms with Crippen LogP contribution in [0, 0.1) is 0 Å². The smallest absolute Gasteiger partial charge is 0.457 e. The van der Waals surface area contributed by atoms with Gasteiger partial charge in [-0.2, -0.15) is 0 Å². The number of hydroxylamine groups is 2. The minimum absolute atomic E-state index is 0.340. The van der Waals surface area contributed by atoms with E-state index in [-0.39, 0.29) is 0 Å². The van der Waals surface area contributed by atoms with Crippen molar-refractivity contribution in [3.8, 4) is 0 Å². The van der Waals surface area contributed by atoms with E-state index >= 15 is 0 Å². The van der Waals surface area contributed by atoms with E-state index in [0.717, 1.165) is 25.9 Å². The van der Waals surface area contributed by atoms with Gasteiger partial charge >= 0.3 is 6.09 Å². The third kappa shape index (κ3) is 1.68. The maximum atomic E-state index is 10.6. The molecule has 2 heterocycles. The predicted octanol–water partition coefficient (Wildman–Crippen LogP) is 0.308. The first-order valence-corrected chi connectivity index (χ1v) is 4.65. The number of carboxylic acid groups (broad SMARTS) is 1. The molecule has 2 aliphatic rings. The number of likely N-dealkylation sites (tertiary alicyclic amines) is 1. The molecule has 0 radical (unpaired) electrons. The molecular formula is C8H14N2O4. The Hall–Kier alpha value is -0.850. The van der Waals surface area contributed by atoms with E-state index in [9.17, 15) is 4.79 Å². The molecular weight excluding hydrogens is 188 g/mol. The highest BCUT2D eigenvalue weighted by atomic mass is 17.0. The number of amides is 1. The Morgan fingerprint density at radius 2 is 2.07 bits per heavy atom. The molecule has 2 fully saturated rings. The van der Waals surface area contributed by atoms with Gasteiger partial charge in [0.05, 0.1) is 0 Å². The predicted molar refractivity (Wildman–Crippen MR) is 46.4 cm³/mol. The fraction of sp³-hybridized carbons (Fsp3) is 0.875. The summed E-state index contributed by atoms with van der Waals surface area (Å²) in [4.78, 5) is 23.0. The number of piperidine rings is 1. The van der Waals surface area contributed by atoms with Gasteiger partial charge in [-0.25, -0.2) is 14.5 Å². The van der Waals surface area contributed by atoms with Crippen LogP contribution in [0.15, 0.2) is 0 Å². The Balaban J connectivity index is 1.96. The van der Waals surface area contributed by atoms with E-state index < -0.39 is 11.7 Å². The van der Waals surface area contributed by atoms with Gasteiger partial charge < -0.3 is 10.0 Å². The van der Waals surface area contributed by atoms with E-state index in [2.05, 4.69) is 4.90 Å². The van der Waals surface area contributed by atoms with Crippen LogP contribution in [0.25, 0.3) is 0 Å². The minimum Gasteiger partial charge on any atom is -0.462 e. The number of carbonyl (C=O) groups is 1. The molecule has 1 N–H and O–H groups in total. The standard InChI is InChI=1S/C8H14N2O4/c1-9-4-2-8(3-5-9)6-13-10(14-8)7(11)12/h2-6H2,1H3,(H,11,12). The van der Waals surface area contributed by atoms with Gasteiger partial charge in [0.2, 0.25) is 0 Å². The molecule has 2 rings (SSSR count). The molecule has 0 aromatic carbocycles. The van der Waals surface area contributed by atoms with E-state index in [1.807, 2.05) is 7.05 Å². The quantitative estimate of drug-likeness (QED) is 0.612. The van der Waals surface area contributed by atoms with Gasteiger partial charge in [0.25, 0.3) is 0 Å². The molecule has 1 amide bonds. The van der Waals surface area contributed by atoms with Gasteiger partial charge in [-0.1, -0.05) is 0 Å². The first-order valence-electron chi connectivity index (χ1n) is 4.65. The second-order valence-corrected chi connectivity index (χ2v) is 3.89. The first kappa shape index (κ1) is 9.70. The summed E-state index contributed by atoms with van der Waals surface area (Å²) in [5.74, 6) is 0.